The minimum atomic E-state index is -1.31. The summed E-state index contributed by atoms with van der Waals surface area (Å²) >= 11 is 0. The smallest absolute Gasteiger partial charge is 0.423 e. The second-order valence-electron chi connectivity index (χ2n) is 6.97. The van der Waals surface area contributed by atoms with Crippen LogP contribution in [0.25, 0.3) is 0 Å². The number of hydrazine groups is 1. The lowest BCUT2D eigenvalue weighted by atomic mass is 9.78. The molecule has 1 amide bonds. The molecule has 3 N–H and O–H groups in total. The molecule has 0 radical (unpaired) electrons. The molecule has 1 aromatic carbocycles. The van der Waals surface area contributed by atoms with Gasteiger partial charge in [0.2, 0.25) is 0 Å². The molecule has 0 spiro atoms. The number of rotatable bonds is 5. The van der Waals surface area contributed by atoms with E-state index in [0.29, 0.717) is 5.56 Å². The Balaban J connectivity index is 2.11. The Morgan fingerprint density at radius 2 is 2.17 bits per heavy atom. The molecule has 1 heterocycles. The van der Waals surface area contributed by atoms with E-state index in [2.05, 4.69) is 38.5 Å². The molecule has 1 aliphatic heterocycles. The first-order valence-corrected chi connectivity index (χ1v) is 7.92. The predicted molar refractivity (Wildman–Crippen MR) is 87.5 cm³/mol. The molecule has 1 aromatic rings. The van der Waals surface area contributed by atoms with E-state index in [4.69, 9.17) is 4.65 Å². The van der Waals surface area contributed by atoms with Crippen molar-refractivity contribution in [3.8, 4) is 0 Å². The van der Waals surface area contributed by atoms with Crippen LogP contribution in [0.15, 0.2) is 12.1 Å². The first-order valence-electron chi connectivity index (χ1n) is 7.92. The first kappa shape index (κ1) is 17.9. The second-order valence-corrected chi connectivity index (χ2v) is 6.97. The highest BCUT2D eigenvalue weighted by Gasteiger charge is 2.33. The summed E-state index contributed by atoms with van der Waals surface area (Å²) in [4.78, 5) is 12.3. The predicted octanol–water partition coefficient (Wildman–Crippen LogP) is 1.49. The van der Waals surface area contributed by atoms with Crippen molar-refractivity contribution in [3.63, 3.8) is 0 Å². The number of hydrogen-bond acceptors (Lipinski definition) is 4. The van der Waals surface area contributed by atoms with Crippen LogP contribution in [0, 0.1) is 11.2 Å². The standard InChI is InChI=1S/C16H24BFN2O3/c1-5-6-12(16(2,3)4)19-20-15(21)11-8-7-10-9-23-17(22)13(10)14(11)18/h7-8,12,19,22H,5-6,9H2,1-4H3,(H,20,21)/t12-/m1/s1. The summed E-state index contributed by atoms with van der Waals surface area (Å²) in [6.45, 7) is 8.46. The minimum absolute atomic E-state index is 0.0379. The van der Waals surface area contributed by atoms with E-state index >= 15 is 0 Å². The third-order valence-electron chi connectivity index (χ3n) is 4.14. The quantitative estimate of drug-likeness (QED) is 0.567. The van der Waals surface area contributed by atoms with E-state index in [1.54, 1.807) is 6.07 Å². The van der Waals surface area contributed by atoms with Gasteiger partial charge in [0.05, 0.1) is 12.2 Å². The van der Waals surface area contributed by atoms with Gasteiger partial charge < -0.3 is 9.68 Å². The van der Waals surface area contributed by atoms with Gasteiger partial charge in [-0.15, -0.1) is 0 Å². The van der Waals surface area contributed by atoms with Gasteiger partial charge in [-0.3, -0.25) is 10.2 Å². The SMILES string of the molecule is CCC[C@@H](NNC(=O)c1ccc2c(c1F)B(O)OC2)C(C)(C)C. The molecule has 7 heteroatoms. The molecular weight excluding hydrogens is 298 g/mol. The highest BCUT2D eigenvalue weighted by molar-refractivity contribution is 6.61. The van der Waals surface area contributed by atoms with Crippen molar-refractivity contribution in [3.05, 3.63) is 29.1 Å². The Morgan fingerprint density at radius 3 is 2.78 bits per heavy atom. The lowest BCUT2D eigenvalue weighted by Gasteiger charge is -2.31. The largest absolute Gasteiger partial charge is 0.494 e. The van der Waals surface area contributed by atoms with E-state index in [1.165, 1.54) is 6.07 Å². The summed E-state index contributed by atoms with van der Waals surface area (Å²) in [7, 11) is -1.31. The van der Waals surface area contributed by atoms with E-state index in [1.807, 2.05) is 0 Å². The van der Waals surface area contributed by atoms with Crippen LogP contribution in [0.4, 0.5) is 4.39 Å². The molecule has 0 saturated carbocycles. The third-order valence-corrected chi connectivity index (χ3v) is 4.14. The van der Waals surface area contributed by atoms with Gasteiger partial charge in [0.25, 0.3) is 5.91 Å². The van der Waals surface area contributed by atoms with Crippen LogP contribution in [-0.2, 0) is 11.3 Å². The molecule has 5 nitrogen and oxygen atoms in total. The second kappa shape index (κ2) is 6.99. The van der Waals surface area contributed by atoms with Gasteiger partial charge in [-0.05, 0) is 23.5 Å². The molecule has 1 aliphatic rings. The van der Waals surface area contributed by atoms with Crippen LogP contribution in [0.3, 0.4) is 0 Å². The Bertz CT molecular complexity index is 589. The molecule has 0 aliphatic carbocycles. The van der Waals surface area contributed by atoms with Crippen LogP contribution in [0.5, 0.6) is 0 Å². The summed E-state index contributed by atoms with van der Waals surface area (Å²) in [5.74, 6) is -1.29. The van der Waals surface area contributed by atoms with Gasteiger partial charge in [0.15, 0.2) is 0 Å². The van der Waals surface area contributed by atoms with Crippen molar-refractivity contribution in [2.75, 3.05) is 0 Å². The number of halogens is 1. The Labute approximate surface area is 136 Å². The monoisotopic (exact) mass is 322 g/mol. The maximum absolute atomic E-state index is 14.5. The van der Waals surface area contributed by atoms with Crippen molar-refractivity contribution >= 4 is 18.5 Å². The molecule has 0 saturated heterocycles. The van der Waals surface area contributed by atoms with Crippen molar-refractivity contribution < 1.29 is 18.9 Å². The molecule has 2 rings (SSSR count). The average Bonchev–Trinajstić information content (AvgIpc) is 2.84. The Morgan fingerprint density at radius 1 is 1.48 bits per heavy atom. The Hall–Kier alpha value is -1.44. The molecule has 0 bridgehead atoms. The Kier molecular flexibility index (Phi) is 5.44. The van der Waals surface area contributed by atoms with Crippen molar-refractivity contribution in [2.45, 2.75) is 53.2 Å². The van der Waals surface area contributed by atoms with Crippen LogP contribution >= 0.6 is 0 Å². The van der Waals surface area contributed by atoms with Gasteiger partial charge in [-0.25, -0.2) is 9.82 Å². The number of benzene rings is 1. The topological polar surface area (TPSA) is 70.6 Å². The summed E-state index contributed by atoms with van der Waals surface area (Å²) < 4.78 is 19.4. The third kappa shape index (κ3) is 3.91. The van der Waals surface area contributed by atoms with Crippen LogP contribution < -0.4 is 16.3 Å². The zero-order valence-corrected chi connectivity index (χ0v) is 14.1. The molecule has 1 atom stereocenters. The van der Waals surface area contributed by atoms with Gasteiger partial charge in [-0.1, -0.05) is 40.2 Å². The maximum atomic E-state index is 14.5. The molecule has 126 valence electrons. The summed E-state index contributed by atoms with van der Waals surface area (Å²) in [6.07, 6.45) is 1.87. The molecular formula is C16H24BFN2O3. The van der Waals surface area contributed by atoms with Crippen LogP contribution in [0.1, 0.15) is 56.5 Å². The highest BCUT2D eigenvalue weighted by atomic mass is 19.1. The molecule has 0 aromatic heterocycles. The highest BCUT2D eigenvalue weighted by Crippen LogP contribution is 2.22. The number of carbonyl (C=O) groups excluding carboxylic acids is 1. The van der Waals surface area contributed by atoms with E-state index < -0.39 is 18.8 Å². The van der Waals surface area contributed by atoms with Gasteiger partial charge in [-0.2, -0.15) is 0 Å². The molecule has 0 fully saturated rings. The maximum Gasteiger partial charge on any atom is 0.494 e. The fraction of sp³-hybridized carbons (Fsp3) is 0.562. The van der Waals surface area contributed by atoms with Crippen LogP contribution in [-0.4, -0.2) is 24.1 Å². The lowest BCUT2D eigenvalue weighted by molar-refractivity contribution is 0.0900. The summed E-state index contributed by atoms with van der Waals surface area (Å²) in [6, 6.07) is 3.10. The van der Waals surface area contributed by atoms with E-state index in [9.17, 15) is 14.2 Å². The number of fused-ring (bicyclic) bond motifs is 1. The van der Waals surface area contributed by atoms with Crippen molar-refractivity contribution in [2.24, 2.45) is 5.41 Å². The lowest BCUT2D eigenvalue weighted by Crippen LogP contribution is -2.50. The van der Waals surface area contributed by atoms with Gasteiger partial charge in [0.1, 0.15) is 5.82 Å². The van der Waals surface area contributed by atoms with Gasteiger partial charge in [0, 0.05) is 11.5 Å². The molecule has 23 heavy (non-hydrogen) atoms. The fourth-order valence-electron chi connectivity index (χ4n) is 2.68. The van der Waals surface area contributed by atoms with Crippen LogP contribution in [0.2, 0.25) is 0 Å². The summed E-state index contributed by atoms with van der Waals surface area (Å²) in [5.41, 5.74) is 6.07. The van der Waals surface area contributed by atoms with Gasteiger partial charge >= 0.3 is 7.12 Å². The van der Waals surface area contributed by atoms with Crippen molar-refractivity contribution in [1.82, 2.24) is 10.9 Å². The first-order chi connectivity index (χ1) is 10.8. The molecule has 0 unspecified atom stereocenters. The number of amides is 1. The van der Waals surface area contributed by atoms with E-state index in [-0.39, 0.29) is 29.1 Å². The number of carbonyl (C=O) groups is 1. The van der Waals surface area contributed by atoms with E-state index in [0.717, 1.165) is 12.8 Å². The zero-order chi connectivity index (χ0) is 17.2. The summed E-state index contributed by atoms with van der Waals surface area (Å²) in [5, 5.41) is 9.65. The number of hydrogen-bond donors (Lipinski definition) is 3. The van der Waals surface area contributed by atoms with Crippen molar-refractivity contribution in [1.29, 1.82) is 0 Å². The zero-order valence-electron chi connectivity index (χ0n) is 14.1. The fourth-order valence-corrected chi connectivity index (χ4v) is 2.68. The number of nitrogens with one attached hydrogen (secondary N) is 2. The average molecular weight is 322 g/mol. The normalized spacial score (nSPS) is 15.5. The minimum Gasteiger partial charge on any atom is -0.423 e.